The average molecular weight is 311 g/mol. The van der Waals surface area contributed by atoms with E-state index in [-0.39, 0.29) is 0 Å². The Morgan fingerprint density at radius 2 is 1.62 bits per heavy atom. The molecule has 2 fully saturated rings. The summed E-state index contributed by atoms with van der Waals surface area (Å²) in [5, 5.41) is 0. The molecule has 2 aliphatic heterocycles. The summed E-state index contributed by atoms with van der Waals surface area (Å²) in [6, 6.07) is 1.87. The van der Waals surface area contributed by atoms with Crippen LogP contribution >= 0.6 is 0 Å². The van der Waals surface area contributed by atoms with E-state index in [0.29, 0.717) is 45.0 Å². The van der Waals surface area contributed by atoms with Crippen molar-refractivity contribution in [2.24, 2.45) is 0 Å². The summed E-state index contributed by atoms with van der Waals surface area (Å²) in [5.41, 5.74) is 7.49. The maximum Gasteiger partial charge on any atom is 0.282 e. The number of rotatable bonds is 3. The van der Waals surface area contributed by atoms with Crippen LogP contribution in [0.1, 0.15) is 12.8 Å². The minimum atomic E-state index is -3.28. The fraction of sp³-hybridized carbons (Fsp3) is 0.615. The zero-order chi connectivity index (χ0) is 14.9. The second kappa shape index (κ2) is 5.78. The zero-order valence-corrected chi connectivity index (χ0v) is 12.8. The van der Waals surface area contributed by atoms with Crippen molar-refractivity contribution >= 4 is 21.6 Å². The third kappa shape index (κ3) is 2.83. The summed E-state index contributed by atoms with van der Waals surface area (Å²) in [7, 11) is -3.28. The number of nitrogen functional groups attached to an aromatic ring is 1. The number of nitrogens with two attached hydrogens (primary N) is 1. The molecule has 0 radical (unpaired) electrons. The monoisotopic (exact) mass is 311 g/mol. The van der Waals surface area contributed by atoms with Crippen molar-refractivity contribution in [3.8, 4) is 0 Å². The minimum absolute atomic E-state index is 0.501. The number of pyridine rings is 1. The molecule has 7 nitrogen and oxygen atoms in total. The van der Waals surface area contributed by atoms with Crippen LogP contribution in [-0.2, 0) is 10.2 Å². The van der Waals surface area contributed by atoms with E-state index in [1.165, 1.54) is 0 Å². The van der Waals surface area contributed by atoms with Gasteiger partial charge in [-0.15, -0.1) is 0 Å². The van der Waals surface area contributed by atoms with Crippen molar-refractivity contribution in [1.82, 2.24) is 13.6 Å². The summed E-state index contributed by atoms with van der Waals surface area (Å²) >= 11 is 0. The van der Waals surface area contributed by atoms with Crippen LogP contribution in [0.5, 0.6) is 0 Å². The Morgan fingerprint density at radius 3 is 2.24 bits per heavy atom. The number of nitrogens with zero attached hydrogens (tertiary/aromatic N) is 4. The fourth-order valence-corrected chi connectivity index (χ4v) is 4.60. The van der Waals surface area contributed by atoms with Crippen molar-refractivity contribution in [2.45, 2.75) is 12.8 Å². The van der Waals surface area contributed by atoms with E-state index in [0.717, 1.165) is 18.5 Å². The second-order valence-corrected chi connectivity index (χ2v) is 7.36. The van der Waals surface area contributed by atoms with Crippen molar-refractivity contribution in [2.75, 3.05) is 49.9 Å². The zero-order valence-electron chi connectivity index (χ0n) is 12.0. The van der Waals surface area contributed by atoms with Gasteiger partial charge in [-0.3, -0.25) is 4.98 Å². The highest BCUT2D eigenvalue weighted by atomic mass is 32.2. The highest BCUT2D eigenvalue weighted by Crippen LogP contribution is 2.24. The van der Waals surface area contributed by atoms with Crippen molar-refractivity contribution < 1.29 is 8.42 Å². The first-order valence-corrected chi connectivity index (χ1v) is 8.68. The minimum Gasteiger partial charge on any atom is -0.396 e. The van der Waals surface area contributed by atoms with E-state index in [2.05, 4.69) is 9.88 Å². The lowest BCUT2D eigenvalue weighted by atomic mass is 10.2. The second-order valence-electron chi connectivity index (χ2n) is 5.43. The lowest BCUT2D eigenvalue weighted by molar-refractivity contribution is 0.344. The van der Waals surface area contributed by atoms with Gasteiger partial charge in [0.2, 0.25) is 0 Å². The topological polar surface area (TPSA) is 82.8 Å². The molecule has 0 spiro atoms. The Kier molecular flexibility index (Phi) is 4.01. The molecule has 2 N–H and O–H groups in total. The molecule has 116 valence electrons. The van der Waals surface area contributed by atoms with E-state index < -0.39 is 10.2 Å². The Bertz CT molecular complexity index is 592. The molecule has 8 heteroatoms. The van der Waals surface area contributed by atoms with Gasteiger partial charge in [-0.25, -0.2) is 0 Å². The Morgan fingerprint density at radius 1 is 1.00 bits per heavy atom. The molecule has 0 amide bonds. The van der Waals surface area contributed by atoms with Gasteiger partial charge < -0.3 is 10.6 Å². The van der Waals surface area contributed by atoms with Crippen molar-refractivity contribution in [3.63, 3.8) is 0 Å². The first-order chi connectivity index (χ1) is 10.1. The first-order valence-electron chi connectivity index (χ1n) is 7.29. The molecule has 2 aliphatic rings. The van der Waals surface area contributed by atoms with Crippen molar-refractivity contribution in [3.05, 3.63) is 18.5 Å². The Balaban J connectivity index is 1.66. The van der Waals surface area contributed by atoms with Crippen LogP contribution in [0.25, 0.3) is 0 Å². The van der Waals surface area contributed by atoms with E-state index >= 15 is 0 Å². The molecular formula is C13H21N5O2S. The van der Waals surface area contributed by atoms with Gasteiger partial charge in [0.25, 0.3) is 10.2 Å². The molecule has 2 saturated heterocycles. The molecule has 0 saturated carbocycles. The Labute approximate surface area is 125 Å². The van der Waals surface area contributed by atoms with Crippen LogP contribution in [0.4, 0.5) is 11.4 Å². The number of hydrogen-bond donors (Lipinski definition) is 1. The first kappa shape index (κ1) is 14.6. The summed E-state index contributed by atoms with van der Waals surface area (Å²) < 4.78 is 28.2. The number of piperazine rings is 1. The predicted octanol–water partition coefficient (Wildman–Crippen LogP) is 0.126. The molecule has 3 heterocycles. The molecule has 0 aromatic carbocycles. The smallest absolute Gasteiger partial charge is 0.282 e. The van der Waals surface area contributed by atoms with E-state index in [4.69, 9.17) is 5.73 Å². The van der Waals surface area contributed by atoms with E-state index in [1.807, 2.05) is 6.07 Å². The van der Waals surface area contributed by atoms with Crippen LogP contribution in [-0.4, -0.2) is 61.3 Å². The van der Waals surface area contributed by atoms with Crippen LogP contribution in [0.15, 0.2) is 18.5 Å². The third-order valence-corrected chi connectivity index (χ3v) is 6.16. The lowest BCUT2D eigenvalue weighted by Gasteiger charge is -2.37. The third-order valence-electron chi connectivity index (χ3n) is 4.12. The van der Waals surface area contributed by atoms with Gasteiger partial charge >= 0.3 is 0 Å². The number of hydrogen-bond acceptors (Lipinski definition) is 5. The van der Waals surface area contributed by atoms with Gasteiger partial charge in [0.15, 0.2) is 0 Å². The summed E-state index contributed by atoms with van der Waals surface area (Å²) in [4.78, 5) is 6.10. The standard InChI is InChI=1S/C13H21N5O2S/c14-12-11-15-4-3-13(12)16-7-9-18(10-8-16)21(19,20)17-5-1-2-6-17/h3-4,11H,1-2,5-10,14H2. The summed E-state index contributed by atoms with van der Waals surface area (Å²) in [6.07, 6.45) is 5.27. The predicted molar refractivity (Wildman–Crippen MR) is 82.2 cm³/mol. The van der Waals surface area contributed by atoms with Crippen LogP contribution in [0, 0.1) is 0 Å². The van der Waals surface area contributed by atoms with Gasteiger partial charge in [-0.1, -0.05) is 0 Å². The SMILES string of the molecule is Nc1cnccc1N1CCN(S(=O)(=O)N2CCCC2)CC1. The van der Waals surface area contributed by atoms with Gasteiger partial charge in [-0.2, -0.15) is 17.0 Å². The van der Waals surface area contributed by atoms with E-state index in [9.17, 15) is 8.42 Å². The summed E-state index contributed by atoms with van der Waals surface area (Å²) in [6.45, 7) is 3.61. The summed E-state index contributed by atoms with van der Waals surface area (Å²) in [5.74, 6) is 0. The highest BCUT2D eigenvalue weighted by molar-refractivity contribution is 7.86. The maximum atomic E-state index is 12.5. The Hall–Kier alpha value is -1.38. The molecule has 0 unspecified atom stereocenters. The number of anilines is 2. The normalized spacial score (nSPS) is 21.8. The molecule has 1 aromatic heterocycles. The fourth-order valence-electron chi connectivity index (χ4n) is 2.93. The molecule has 0 atom stereocenters. The molecule has 21 heavy (non-hydrogen) atoms. The maximum absolute atomic E-state index is 12.5. The molecular weight excluding hydrogens is 290 g/mol. The molecule has 1 aromatic rings. The average Bonchev–Trinajstić information content (AvgIpc) is 3.03. The van der Waals surface area contributed by atoms with Gasteiger partial charge in [0.1, 0.15) is 0 Å². The largest absolute Gasteiger partial charge is 0.396 e. The van der Waals surface area contributed by atoms with Crippen LogP contribution < -0.4 is 10.6 Å². The lowest BCUT2D eigenvalue weighted by Crippen LogP contribution is -2.52. The van der Waals surface area contributed by atoms with Gasteiger partial charge in [-0.05, 0) is 18.9 Å². The van der Waals surface area contributed by atoms with Crippen LogP contribution in [0.2, 0.25) is 0 Å². The highest BCUT2D eigenvalue weighted by Gasteiger charge is 2.33. The molecule has 0 bridgehead atoms. The number of aromatic nitrogens is 1. The van der Waals surface area contributed by atoms with Crippen LogP contribution in [0.3, 0.4) is 0 Å². The van der Waals surface area contributed by atoms with Gasteiger partial charge in [0.05, 0.1) is 17.6 Å². The quantitative estimate of drug-likeness (QED) is 0.858. The van der Waals surface area contributed by atoms with Crippen molar-refractivity contribution in [1.29, 1.82) is 0 Å². The molecule has 3 rings (SSSR count). The van der Waals surface area contributed by atoms with E-state index in [1.54, 1.807) is 21.0 Å². The molecule has 0 aliphatic carbocycles. The van der Waals surface area contributed by atoms with Gasteiger partial charge in [0, 0.05) is 45.5 Å².